The minimum absolute atomic E-state index is 0.0544. The number of para-hydroxylation sites is 1. The first kappa shape index (κ1) is 18.7. The van der Waals surface area contributed by atoms with Crippen molar-refractivity contribution in [3.63, 3.8) is 0 Å². The number of ether oxygens (including phenoxy) is 1. The molecule has 27 heavy (non-hydrogen) atoms. The molecule has 0 heterocycles. The van der Waals surface area contributed by atoms with Gasteiger partial charge in [-0.2, -0.15) is 0 Å². The Bertz CT molecular complexity index is 950. The van der Waals surface area contributed by atoms with E-state index in [-0.39, 0.29) is 6.42 Å². The average Bonchev–Trinajstić information content (AvgIpc) is 2.68. The van der Waals surface area contributed by atoms with Gasteiger partial charge >= 0.3 is 5.97 Å². The van der Waals surface area contributed by atoms with E-state index in [1.54, 1.807) is 12.1 Å². The van der Waals surface area contributed by atoms with E-state index in [0.29, 0.717) is 24.5 Å². The summed E-state index contributed by atoms with van der Waals surface area (Å²) < 4.78 is 5.92. The summed E-state index contributed by atoms with van der Waals surface area (Å²) in [6.45, 7) is 2.97. The highest BCUT2D eigenvalue weighted by Gasteiger charge is 2.09. The second kappa shape index (κ2) is 8.52. The van der Waals surface area contributed by atoms with Gasteiger partial charge in [0.05, 0.1) is 6.42 Å². The molecule has 4 heteroatoms. The summed E-state index contributed by atoms with van der Waals surface area (Å²) in [7, 11) is 0. The van der Waals surface area contributed by atoms with Gasteiger partial charge in [0.15, 0.2) is 0 Å². The third-order valence-electron chi connectivity index (χ3n) is 4.48. The van der Waals surface area contributed by atoms with Gasteiger partial charge in [0, 0.05) is 12.1 Å². The number of hydrogen-bond acceptors (Lipinski definition) is 3. The number of aryl methyl sites for hydroxylation is 1. The lowest BCUT2D eigenvalue weighted by Crippen LogP contribution is -2.04. The Kier molecular flexibility index (Phi) is 5.89. The van der Waals surface area contributed by atoms with Gasteiger partial charge in [-0.3, -0.25) is 4.79 Å². The van der Waals surface area contributed by atoms with Gasteiger partial charge < -0.3 is 15.6 Å². The Hall–Kier alpha value is -3.11. The zero-order valence-electron chi connectivity index (χ0n) is 15.3. The van der Waals surface area contributed by atoms with Crippen LogP contribution in [-0.4, -0.2) is 11.1 Å². The predicted molar refractivity (Wildman–Crippen MR) is 107 cm³/mol. The predicted octanol–water partition coefficient (Wildman–Crippen LogP) is 4.33. The molecular weight excluding hydrogens is 338 g/mol. The number of nitrogens with two attached hydrogens (primary N) is 1. The second-order valence-electron chi connectivity index (χ2n) is 6.52. The van der Waals surface area contributed by atoms with Crippen molar-refractivity contribution < 1.29 is 14.6 Å². The van der Waals surface area contributed by atoms with Gasteiger partial charge in [0.2, 0.25) is 0 Å². The first-order chi connectivity index (χ1) is 13.1. The SMILES string of the molecule is Cc1ccc(COc2ccccc2CC(=O)O)cc1-c1cccc(CN)c1. The van der Waals surface area contributed by atoms with Crippen molar-refractivity contribution in [3.05, 3.63) is 89.0 Å². The summed E-state index contributed by atoms with van der Waals surface area (Å²) in [6.07, 6.45) is -0.0544. The first-order valence-electron chi connectivity index (χ1n) is 8.88. The molecule has 3 N–H and O–H groups in total. The lowest BCUT2D eigenvalue weighted by atomic mass is 9.97. The van der Waals surface area contributed by atoms with Crippen LogP contribution in [0.1, 0.15) is 22.3 Å². The molecule has 3 aromatic rings. The van der Waals surface area contributed by atoms with Crippen molar-refractivity contribution in [1.82, 2.24) is 0 Å². The van der Waals surface area contributed by atoms with Crippen LogP contribution >= 0.6 is 0 Å². The molecule has 0 atom stereocenters. The smallest absolute Gasteiger partial charge is 0.307 e. The fourth-order valence-corrected chi connectivity index (χ4v) is 3.05. The molecule has 3 aromatic carbocycles. The molecule has 0 saturated carbocycles. The Morgan fingerprint density at radius 1 is 1.00 bits per heavy atom. The topological polar surface area (TPSA) is 72.5 Å². The summed E-state index contributed by atoms with van der Waals surface area (Å²) in [4.78, 5) is 11.0. The zero-order chi connectivity index (χ0) is 19.2. The van der Waals surface area contributed by atoms with Gasteiger partial charge in [-0.25, -0.2) is 0 Å². The number of carboxylic acids is 1. The summed E-state index contributed by atoms with van der Waals surface area (Å²) in [5.41, 5.74) is 12.0. The van der Waals surface area contributed by atoms with E-state index >= 15 is 0 Å². The van der Waals surface area contributed by atoms with Crippen LogP contribution in [0.3, 0.4) is 0 Å². The Morgan fingerprint density at radius 3 is 2.59 bits per heavy atom. The second-order valence-corrected chi connectivity index (χ2v) is 6.52. The third-order valence-corrected chi connectivity index (χ3v) is 4.48. The summed E-state index contributed by atoms with van der Waals surface area (Å²) in [5, 5.41) is 9.05. The third kappa shape index (κ3) is 4.74. The Labute approximate surface area is 159 Å². The van der Waals surface area contributed by atoms with Crippen LogP contribution in [0.5, 0.6) is 5.75 Å². The standard InChI is InChI=1S/C23H23NO3/c1-16-9-10-18(12-21(16)19-7-4-5-17(11-19)14-24)15-27-22-8-3-2-6-20(22)13-23(25)26/h2-12H,13-15,24H2,1H3,(H,25,26). The monoisotopic (exact) mass is 361 g/mol. The molecule has 0 aliphatic rings. The minimum atomic E-state index is -0.872. The number of hydrogen-bond donors (Lipinski definition) is 2. The van der Waals surface area contributed by atoms with Crippen molar-refractivity contribution in [1.29, 1.82) is 0 Å². The maximum absolute atomic E-state index is 11.0. The minimum Gasteiger partial charge on any atom is -0.489 e. The average molecular weight is 361 g/mol. The lowest BCUT2D eigenvalue weighted by molar-refractivity contribution is -0.136. The Balaban J connectivity index is 1.82. The van der Waals surface area contributed by atoms with Crippen molar-refractivity contribution in [2.24, 2.45) is 5.73 Å². The highest BCUT2D eigenvalue weighted by Crippen LogP contribution is 2.27. The molecular formula is C23H23NO3. The van der Waals surface area contributed by atoms with Gasteiger partial charge in [0.1, 0.15) is 12.4 Å². The lowest BCUT2D eigenvalue weighted by Gasteiger charge is -2.13. The van der Waals surface area contributed by atoms with Crippen molar-refractivity contribution in [2.75, 3.05) is 0 Å². The number of carbonyl (C=O) groups is 1. The van der Waals surface area contributed by atoms with E-state index in [1.807, 2.05) is 30.3 Å². The molecule has 3 rings (SSSR count). The molecule has 0 saturated heterocycles. The zero-order valence-corrected chi connectivity index (χ0v) is 15.3. The molecule has 0 amide bonds. The van der Waals surface area contributed by atoms with Crippen LogP contribution in [0, 0.1) is 6.92 Å². The van der Waals surface area contributed by atoms with Gasteiger partial charge in [-0.15, -0.1) is 0 Å². The van der Waals surface area contributed by atoms with E-state index < -0.39 is 5.97 Å². The molecule has 0 bridgehead atoms. The number of aliphatic carboxylic acids is 1. The largest absolute Gasteiger partial charge is 0.489 e. The molecule has 0 radical (unpaired) electrons. The van der Waals surface area contributed by atoms with Crippen LogP contribution in [0.25, 0.3) is 11.1 Å². The van der Waals surface area contributed by atoms with Crippen molar-refractivity contribution >= 4 is 5.97 Å². The molecule has 0 fully saturated rings. The van der Waals surface area contributed by atoms with E-state index in [2.05, 4.69) is 31.2 Å². The molecule has 0 aliphatic carbocycles. The van der Waals surface area contributed by atoms with E-state index in [1.165, 1.54) is 5.56 Å². The molecule has 0 unspecified atom stereocenters. The molecule has 0 aromatic heterocycles. The highest BCUT2D eigenvalue weighted by atomic mass is 16.5. The van der Waals surface area contributed by atoms with E-state index in [0.717, 1.165) is 22.3 Å². The maximum Gasteiger partial charge on any atom is 0.307 e. The summed E-state index contributed by atoms with van der Waals surface area (Å²) in [5.74, 6) is -0.268. The van der Waals surface area contributed by atoms with Gasteiger partial charge in [-0.05, 0) is 52.9 Å². The maximum atomic E-state index is 11.0. The molecule has 0 spiro atoms. The molecule has 4 nitrogen and oxygen atoms in total. The van der Waals surface area contributed by atoms with Crippen LogP contribution in [0.4, 0.5) is 0 Å². The quantitative estimate of drug-likeness (QED) is 0.657. The summed E-state index contributed by atoms with van der Waals surface area (Å²) in [6, 6.07) is 21.7. The van der Waals surface area contributed by atoms with Crippen molar-refractivity contribution in [2.45, 2.75) is 26.5 Å². The summed E-state index contributed by atoms with van der Waals surface area (Å²) >= 11 is 0. The van der Waals surface area contributed by atoms with E-state index in [9.17, 15) is 4.79 Å². The molecule has 0 aliphatic heterocycles. The van der Waals surface area contributed by atoms with Crippen LogP contribution in [0.15, 0.2) is 66.7 Å². The number of benzene rings is 3. The normalized spacial score (nSPS) is 10.6. The first-order valence-corrected chi connectivity index (χ1v) is 8.88. The van der Waals surface area contributed by atoms with Crippen LogP contribution in [-0.2, 0) is 24.4 Å². The molecule has 138 valence electrons. The number of rotatable bonds is 7. The van der Waals surface area contributed by atoms with Crippen LogP contribution < -0.4 is 10.5 Å². The fourth-order valence-electron chi connectivity index (χ4n) is 3.05. The fraction of sp³-hybridized carbons (Fsp3) is 0.174. The Morgan fingerprint density at radius 2 is 1.81 bits per heavy atom. The van der Waals surface area contributed by atoms with Crippen LogP contribution in [0.2, 0.25) is 0 Å². The van der Waals surface area contributed by atoms with Gasteiger partial charge in [-0.1, -0.05) is 48.5 Å². The van der Waals surface area contributed by atoms with Gasteiger partial charge in [0.25, 0.3) is 0 Å². The van der Waals surface area contributed by atoms with Crippen molar-refractivity contribution in [3.8, 4) is 16.9 Å². The highest BCUT2D eigenvalue weighted by molar-refractivity contribution is 5.71. The van der Waals surface area contributed by atoms with E-state index in [4.69, 9.17) is 15.6 Å². The number of carboxylic acid groups (broad SMARTS) is 1.